The van der Waals surface area contributed by atoms with Gasteiger partial charge in [-0.3, -0.25) is 38.6 Å². The molecule has 0 radical (unpaired) electrons. The van der Waals surface area contributed by atoms with Gasteiger partial charge in [0.25, 0.3) is 35.4 Å². The summed E-state index contributed by atoms with van der Waals surface area (Å²) < 4.78 is 0. The molecule has 68 heavy (non-hydrogen) atoms. The highest BCUT2D eigenvalue weighted by Gasteiger charge is 2.34. The summed E-state index contributed by atoms with van der Waals surface area (Å²) in [6, 6.07) is 22.9. The smallest absolute Gasteiger partial charge is 0.272 e. The second-order valence-corrected chi connectivity index (χ2v) is 14.0. The molecule has 0 heterocycles. The topological polar surface area (TPSA) is 534 Å². The molecule has 4 rings (SSSR count). The molecule has 4 aromatic rings. The molecular weight excluding hydrogens is 891 g/mol. The summed E-state index contributed by atoms with van der Waals surface area (Å²) in [5.74, 6) is -12.0. The number of nitrogens with one attached hydrogen (secondary N) is 6. The first-order valence-electron chi connectivity index (χ1n) is 19.5. The van der Waals surface area contributed by atoms with E-state index in [1.54, 1.807) is 6.07 Å². The molecule has 7 unspecified atom stereocenters. The maximum Gasteiger partial charge on any atom is 0.272 e. The monoisotopic (exact) mass is 939 g/mol. The normalized spacial score (nSPS) is 13.9. The average Bonchev–Trinajstić information content (AvgIpc) is 3.28. The van der Waals surface area contributed by atoms with Crippen LogP contribution in [0.4, 0.5) is 0 Å². The zero-order valence-electron chi connectivity index (χ0n) is 35.5. The molecule has 7 atom stereocenters. The Morgan fingerprint density at radius 3 is 1.32 bits per heavy atom. The first kappa shape index (κ1) is 51.0. The van der Waals surface area contributed by atoms with Crippen LogP contribution in [0.15, 0.2) is 110 Å². The number of aliphatic imine (C=N–C) groups is 5. The second kappa shape index (κ2) is 23.3. The number of aliphatic hydroxyl groups is 1. The third-order valence-corrected chi connectivity index (χ3v) is 8.90. The van der Waals surface area contributed by atoms with Crippen LogP contribution in [0, 0.1) is 0 Å². The van der Waals surface area contributed by atoms with Crippen LogP contribution in [0.1, 0.15) is 17.2 Å². The number of hydrogen-bond acceptors (Lipinski definition) is 14. The fourth-order valence-corrected chi connectivity index (χ4v) is 5.96. The summed E-state index contributed by atoms with van der Waals surface area (Å²) in [6.07, 6.45) is -11.0. The zero-order valence-corrected chi connectivity index (χ0v) is 35.5. The lowest BCUT2D eigenvalue weighted by Crippen LogP contribution is -2.60. The SMILES string of the molecule is NC(=O)C(N)NC(=O)C(N=C(N)N)NC(=O)C(N=C(N)N)NC(=O)C(N=C(N)N)NC(=O)C(N=C(N)N)NC(=O)C(NC(=O)C(O)/N=C/c1cc2ccccc2c2ccccc12)c1ccccc1. The van der Waals surface area contributed by atoms with Crippen molar-refractivity contribution in [3.05, 3.63) is 96.1 Å². The highest BCUT2D eigenvalue weighted by Crippen LogP contribution is 2.28. The molecular formula is C39H49N21O8. The third-order valence-electron chi connectivity index (χ3n) is 8.90. The number of aliphatic hydroxyl groups excluding tert-OH is 1. The van der Waals surface area contributed by atoms with E-state index in [9.17, 15) is 38.7 Å². The van der Waals surface area contributed by atoms with Gasteiger partial charge in [0.2, 0.25) is 36.8 Å². The lowest BCUT2D eigenvalue weighted by atomic mass is 9.98. The van der Waals surface area contributed by atoms with Crippen molar-refractivity contribution >= 4 is 92.9 Å². The van der Waals surface area contributed by atoms with Crippen LogP contribution in [-0.4, -0.2) is 114 Å². The number of rotatable bonds is 20. The standard InChI is InChI=1S/C39H49N21O8/c40-23(24(41)61)52-30(63)25(57-36(42)43)54-32(65)27(59-38(46)47)56-33(66)28(60-39(48)49)55-31(64)26(58-37(44)45)53-29(62)22(16-8-2-1-3-9-16)51-35(68)34(67)50-15-18-14-17-10-4-5-11-19(17)21-13-7-6-12-20(18)21/h1-15,22-23,25-28,34,67H,40H2,(H2,41,61)(H,51,68)(H,52,63)(H,53,62)(H,54,65)(H,55,64)(H,56,66)(H4,42,43,57)(H4,44,45,58)(H4,46,47,59)(H4,48,49,60)/b50-15+. The van der Waals surface area contributed by atoms with E-state index in [1.165, 1.54) is 30.5 Å². The Morgan fingerprint density at radius 2 is 0.868 bits per heavy atom. The number of fused-ring (bicyclic) bond motifs is 3. The molecule has 0 aliphatic heterocycles. The van der Waals surface area contributed by atoms with E-state index in [2.05, 4.69) is 40.9 Å². The number of benzene rings is 4. The first-order chi connectivity index (χ1) is 32.1. The van der Waals surface area contributed by atoms with Gasteiger partial charge in [0, 0.05) is 11.8 Å². The van der Waals surface area contributed by atoms with E-state index in [4.69, 9.17) is 57.3 Å². The van der Waals surface area contributed by atoms with Crippen molar-refractivity contribution in [3.63, 3.8) is 0 Å². The number of hydrogen-bond donors (Lipinski definition) is 17. The maximum atomic E-state index is 14.0. The predicted molar refractivity (Wildman–Crippen MR) is 249 cm³/mol. The molecule has 0 spiro atoms. The Balaban J connectivity index is 1.56. The molecule has 0 aliphatic rings. The minimum Gasteiger partial charge on any atom is -0.370 e. The van der Waals surface area contributed by atoms with Crippen molar-refractivity contribution in [2.75, 3.05) is 0 Å². The van der Waals surface area contributed by atoms with E-state index < -0.39 is 108 Å². The van der Waals surface area contributed by atoms with Gasteiger partial charge in [-0.15, -0.1) is 0 Å². The fraction of sp³-hybridized carbons (Fsp3) is 0.179. The van der Waals surface area contributed by atoms with E-state index in [0.717, 1.165) is 21.5 Å². The highest BCUT2D eigenvalue weighted by molar-refractivity contribution is 6.14. The van der Waals surface area contributed by atoms with E-state index in [1.807, 2.05) is 70.5 Å². The number of amides is 7. The average molecular weight is 940 g/mol. The Kier molecular flexibility index (Phi) is 17.5. The number of primary amides is 1. The summed E-state index contributed by atoms with van der Waals surface area (Å²) in [5.41, 5.74) is 55.0. The summed E-state index contributed by atoms with van der Waals surface area (Å²) in [4.78, 5) is 111. The van der Waals surface area contributed by atoms with Gasteiger partial charge >= 0.3 is 0 Å². The van der Waals surface area contributed by atoms with E-state index in [0.29, 0.717) is 5.56 Å². The minimum absolute atomic E-state index is 0.149. The molecule has 0 aliphatic carbocycles. The lowest BCUT2D eigenvalue weighted by Gasteiger charge is -2.24. The second-order valence-electron chi connectivity index (χ2n) is 14.0. The first-order valence-corrected chi connectivity index (χ1v) is 19.5. The van der Waals surface area contributed by atoms with Crippen LogP contribution in [0.5, 0.6) is 0 Å². The molecule has 29 nitrogen and oxygen atoms in total. The number of nitrogens with two attached hydrogens (primary N) is 10. The summed E-state index contributed by atoms with van der Waals surface area (Å²) in [5, 5.41) is 27.1. The molecule has 29 heteroatoms. The quantitative estimate of drug-likeness (QED) is 0.0169. The van der Waals surface area contributed by atoms with Crippen molar-refractivity contribution in [2.45, 2.75) is 43.1 Å². The Labute approximate surface area is 384 Å². The van der Waals surface area contributed by atoms with Crippen LogP contribution in [0.25, 0.3) is 21.5 Å². The fourth-order valence-electron chi connectivity index (χ4n) is 5.96. The summed E-state index contributed by atoms with van der Waals surface area (Å²) in [7, 11) is 0. The molecule has 358 valence electrons. The highest BCUT2D eigenvalue weighted by atomic mass is 16.3. The number of guanidine groups is 4. The number of carbonyl (C=O) groups is 7. The Morgan fingerprint density at radius 1 is 0.471 bits per heavy atom. The van der Waals surface area contributed by atoms with Crippen molar-refractivity contribution in [3.8, 4) is 0 Å². The van der Waals surface area contributed by atoms with Gasteiger partial charge in [-0.2, -0.15) is 0 Å². The number of nitrogens with zero attached hydrogens (tertiary/aromatic N) is 5. The van der Waals surface area contributed by atoms with Crippen LogP contribution < -0.4 is 89.2 Å². The Hall–Kier alpha value is -9.64. The predicted octanol–water partition coefficient (Wildman–Crippen LogP) is -7.66. The van der Waals surface area contributed by atoms with Crippen LogP contribution >= 0.6 is 0 Å². The van der Waals surface area contributed by atoms with Crippen molar-refractivity contribution in [1.82, 2.24) is 31.9 Å². The van der Waals surface area contributed by atoms with E-state index >= 15 is 0 Å². The molecule has 0 aromatic heterocycles. The van der Waals surface area contributed by atoms with Crippen LogP contribution in [0.3, 0.4) is 0 Å². The molecule has 0 saturated heterocycles. The van der Waals surface area contributed by atoms with Gasteiger partial charge in [-0.05, 0) is 33.2 Å². The molecule has 0 fully saturated rings. The van der Waals surface area contributed by atoms with Gasteiger partial charge in [0.15, 0.2) is 30.0 Å². The largest absolute Gasteiger partial charge is 0.370 e. The maximum absolute atomic E-state index is 14.0. The van der Waals surface area contributed by atoms with Crippen LogP contribution in [-0.2, 0) is 33.6 Å². The molecule has 7 amide bonds. The molecule has 4 aromatic carbocycles. The van der Waals surface area contributed by atoms with Gasteiger partial charge in [-0.25, -0.2) is 20.0 Å². The third kappa shape index (κ3) is 14.4. The van der Waals surface area contributed by atoms with Crippen molar-refractivity contribution in [1.29, 1.82) is 0 Å². The molecule has 0 saturated carbocycles. The minimum atomic E-state index is -2.19. The van der Waals surface area contributed by atoms with Gasteiger partial charge in [0.1, 0.15) is 6.04 Å². The molecule has 0 bridgehead atoms. The van der Waals surface area contributed by atoms with Gasteiger partial charge in [0.05, 0.1) is 0 Å². The lowest BCUT2D eigenvalue weighted by molar-refractivity contribution is -0.136. The van der Waals surface area contributed by atoms with Gasteiger partial charge < -0.3 is 94.3 Å². The molecule has 27 N–H and O–H groups in total. The summed E-state index contributed by atoms with van der Waals surface area (Å²) in [6.45, 7) is 0. The number of carbonyl (C=O) groups excluding carboxylic acids is 7. The Bertz CT molecular complexity index is 2700. The zero-order chi connectivity index (χ0) is 50.2. The van der Waals surface area contributed by atoms with E-state index in [-0.39, 0.29) is 5.56 Å². The van der Waals surface area contributed by atoms with Gasteiger partial charge in [-0.1, -0.05) is 78.9 Å². The van der Waals surface area contributed by atoms with Crippen LogP contribution in [0.2, 0.25) is 0 Å². The van der Waals surface area contributed by atoms with Crippen molar-refractivity contribution in [2.24, 2.45) is 82.3 Å². The van der Waals surface area contributed by atoms with Crippen molar-refractivity contribution < 1.29 is 38.7 Å². The summed E-state index contributed by atoms with van der Waals surface area (Å²) >= 11 is 0.